The molecule has 0 saturated carbocycles. The van der Waals surface area contributed by atoms with Gasteiger partial charge < -0.3 is 11.1 Å². The first-order valence-electron chi connectivity index (χ1n) is 12.9. The maximum atomic E-state index is 13.6. The van der Waals surface area contributed by atoms with Gasteiger partial charge in [0.05, 0.1) is 29.5 Å². The number of hydrogen-bond donors (Lipinski definition) is 2. The van der Waals surface area contributed by atoms with E-state index in [1.165, 1.54) is 24.7 Å². The number of sulfone groups is 1. The highest BCUT2D eigenvalue weighted by Gasteiger charge is 2.14. The number of rotatable bonds is 9. The lowest BCUT2D eigenvalue weighted by atomic mass is 10.1. The molecule has 0 spiro atoms. The molecule has 3 N–H and O–H groups in total. The molecule has 1 atom stereocenters. The number of nitrogens with one attached hydrogen (secondary N) is 1. The number of nitrogens with zero attached hydrogens (tertiary/aromatic N) is 4. The van der Waals surface area contributed by atoms with Gasteiger partial charge in [0.1, 0.15) is 27.8 Å². The smallest absolute Gasteiger partial charge is 0.148 e. The normalized spacial score (nSPS) is 12.7. The summed E-state index contributed by atoms with van der Waals surface area (Å²) in [5.41, 5.74) is 10.5. The van der Waals surface area contributed by atoms with Crippen molar-refractivity contribution < 1.29 is 12.8 Å². The third kappa shape index (κ3) is 6.27. The number of fused-ring (bicyclic) bond motifs is 2. The first kappa shape index (κ1) is 27.0. The van der Waals surface area contributed by atoms with Crippen LogP contribution in [0.15, 0.2) is 85.3 Å². The molecule has 0 saturated heterocycles. The van der Waals surface area contributed by atoms with Gasteiger partial charge in [0.2, 0.25) is 0 Å². The van der Waals surface area contributed by atoms with Crippen LogP contribution in [0.5, 0.6) is 0 Å². The highest BCUT2D eigenvalue weighted by Crippen LogP contribution is 2.33. The van der Waals surface area contributed by atoms with Gasteiger partial charge in [0, 0.05) is 38.5 Å². The Kier molecular flexibility index (Phi) is 7.24. The standard InChI is InChI=1S/C30H27FN6O2S2/c1-41(38,39)17-23(32)14-25-7-10-29(40-25)20-5-8-27-26(13-20)30(34-18-33-27)36-24-6-9-28-21(12-24)15-35-37(28)16-19-3-2-4-22(31)11-19/h2-13,15,18,23H,14,16-17,32H2,1H3,(H,33,34,36). The molecule has 11 heteroatoms. The number of halogens is 1. The van der Waals surface area contributed by atoms with Crippen molar-refractivity contribution in [2.75, 3.05) is 17.3 Å². The van der Waals surface area contributed by atoms with Gasteiger partial charge in [-0.2, -0.15) is 5.10 Å². The van der Waals surface area contributed by atoms with Gasteiger partial charge in [-0.15, -0.1) is 11.3 Å². The summed E-state index contributed by atoms with van der Waals surface area (Å²) in [5.74, 6) is 0.372. The van der Waals surface area contributed by atoms with E-state index in [4.69, 9.17) is 5.73 Å². The topological polar surface area (TPSA) is 116 Å². The number of benzene rings is 3. The lowest BCUT2D eigenvalue weighted by molar-refractivity contribution is 0.592. The Hall–Kier alpha value is -4.19. The minimum absolute atomic E-state index is 0.0395. The average molecular weight is 587 g/mol. The lowest BCUT2D eigenvalue weighted by Gasteiger charge is -2.10. The second-order valence-corrected chi connectivity index (χ2v) is 13.5. The van der Waals surface area contributed by atoms with E-state index in [2.05, 4.69) is 26.4 Å². The Morgan fingerprint density at radius 1 is 1.05 bits per heavy atom. The summed E-state index contributed by atoms with van der Waals surface area (Å²) in [7, 11) is -3.13. The predicted molar refractivity (Wildman–Crippen MR) is 163 cm³/mol. The largest absolute Gasteiger partial charge is 0.340 e. The van der Waals surface area contributed by atoms with Crippen molar-refractivity contribution >= 4 is 54.5 Å². The van der Waals surface area contributed by atoms with Gasteiger partial charge in [-0.1, -0.05) is 18.2 Å². The van der Waals surface area contributed by atoms with Crippen molar-refractivity contribution in [2.45, 2.75) is 19.0 Å². The maximum Gasteiger partial charge on any atom is 0.148 e. The molecule has 0 fully saturated rings. The fourth-order valence-electron chi connectivity index (χ4n) is 4.89. The van der Waals surface area contributed by atoms with E-state index in [9.17, 15) is 12.8 Å². The minimum Gasteiger partial charge on any atom is -0.340 e. The molecule has 1 unspecified atom stereocenters. The molecule has 3 aromatic heterocycles. The van der Waals surface area contributed by atoms with Crippen LogP contribution in [0.3, 0.4) is 0 Å². The Balaban J connectivity index is 1.24. The molecule has 0 bridgehead atoms. The zero-order chi connectivity index (χ0) is 28.6. The molecule has 0 aliphatic carbocycles. The van der Waals surface area contributed by atoms with E-state index < -0.39 is 15.9 Å². The summed E-state index contributed by atoms with van der Waals surface area (Å²) >= 11 is 1.60. The van der Waals surface area contributed by atoms with Crippen molar-refractivity contribution in [3.8, 4) is 10.4 Å². The van der Waals surface area contributed by atoms with Crippen LogP contribution in [0.25, 0.3) is 32.2 Å². The van der Waals surface area contributed by atoms with Gasteiger partial charge >= 0.3 is 0 Å². The summed E-state index contributed by atoms with van der Waals surface area (Å²) in [4.78, 5) is 11.0. The van der Waals surface area contributed by atoms with Crippen LogP contribution in [0.1, 0.15) is 10.4 Å². The monoisotopic (exact) mass is 586 g/mol. The van der Waals surface area contributed by atoms with Crippen LogP contribution in [0, 0.1) is 5.82 Å². The van der Waals surface area contributed by atoms with Crippen LogP contribution in [-0.4, -0.2) is 46.2 Å². The SMILES string of the molecule is CS(=O)(=O)CC(N)Cc1ccc(-c2ccc3ncnc(Nc4ccc5c(cnn5Cc5cccc(F)c5)c4)c3c2)s1. The molecule has 0 radical (unpaired) electrons. The van der Waals surface area contributed by atoms with E-state index in [1.807, 2.05) is 53.2 Å². The Morgan fingerprint density at radius 2 is 1.93 bits per heavy atom. The molecule has 0 amide bonds. The van der Waals surface area contributed by atoms with Gasteiger partial charge in [0.25, 0.3) is 0 Å². The van der Waals surface area contributed by atoms with Crippen LogP contribution >= 0.6 is 11.3 Å². The first-order chi connectivity index (χ1) is 19.7. The number of nitrogens with two attached hydrogens (primary N) is 1. The number of aromatic nitrogens is 4. The Morgan fingerprint density at radius 3 is 2.76 bits per heavy atom. The van der Waals surface area contributed by atoms with Crippen molar-refractivity contribution in [2.24, 2.45) is 5.73 Å². The third-order valence-electron chi connectivity index (χ3n) is 6.69. The van der Waals surface area contributed by atoms with Crippen LogP contribution in [-0.2, 0) is 22.8 Å². The highest BCUT2D eigenvalue weighted by molar-refractivity contribution is 7.90. The van der Waals surface area contributed by atoms with E-state index in [1.54, 1.807) is 23.6 Å². The second kappa shape index (κ2) is 11.0. The highest BCUT2D eigenvalue weighted by atomic mass is 32.2. The molecule has 208 valence electrons. The summed E-state index contributed by atoms with van der Waals surface area (Å²) in [6.45, 7) is 0.474. The van der Waals surface area contributed by atoms with Crippen LogP contribution in [0.2, 0.25) is 0 Å². The molecular weight excluding hydrogens is 560 g/mol. The average Bonchev–Trinajstić information content (AvgIpc) is 3.54. The van der Waals surface area contributed by atoms with Gasteiger partial charge in [-0.3, -0.25) is 4.68 Å². The molecule has 6 aromatic rings. The number of anilines is 2. The minimum atomic E-state index is -3.13. The fraction of sp³-hybridized carbons (Fsp3) is 0.167. The van der Waals surface area contributed by atoms with Crippen molar-refractivity contribution in [3.05, 3.63) is 102 Å². The van der Waals surface area contributed by atoms with E-state index in [-0.39, 0.29) is 11.6 Å². The summed E-state index contributed by atoms with van der Waals surface area (Å²) < 4.78 is 38.6. The van der Waals surface area contributed by atoms with E-state index in [0.717, 1.165) is 48.4 Å². The third-order valence-corrected chi connectivity index (χ3v) is 8.88. The maximum absolute atomic E-state index is 13.6. The second-order valence-electron chi connectivity index (χ2n) is 10.1. The Bertz CT molecular complexity index is 1990. The van der Waals surface area contributed by atoms with Crippen molar-refractivity contribution in [1.29, 1.82) is 0 Å². The zero-order valence-electron chi connectivity index (χ0n) is 22.2. The molecule has 41 heavy (non-hydrogen) atoms. The van der Waals surface area contributed by atoms with Crippen LogP contribution in [0.4, 0.5) is 15.9 Å². The zero-order valence-corrected chi connectivity index (χ0v) is 23.8. The number of hydrogen-bond acceptors (Lipinski definition) is 8. The summed E-state index contributed by atoms with van der Waals surface area (Å²) in [5, 5.41) is 9.76. The molecule has 6 rings (SSSR count). The van der Waals surface area contributed by atoms with Gasteiger partial charge in [-0.25, -0.2) is 22.8 Å². The molecule has 3 aromatic carbocycles. The van der Waals surface area contributed by atoms with E-state index in [0.29, 0.717) is 18.8 Å². The van der Waals surface area contributed by atoms with Crippen molar-refractivity contribution in [3.63, 3.8) is 0 Å². The summed E-state index contributed by atoms with van der Waals surface area (Å²) in [6, 6.07) is 22.1. The molecule has 8 nitrogen and oxygen atoms in total. The first-order valence-corrected chi connectivity index (χ1v) is 15.8. The molecular formula is C30H27FN6O2S2. The van der Waals surface area contributed by atoms with Gasteiger partial charge in [-0.05, 0) is 72.1 Å². The quantitative estimate of drug-likeness (QED) is 0.228. The predicted octanol–water partition coefficient (Wildman–Crippen LogP) is 5.55. The number of thiophene rings is 1. The Labute approximate surface area is 240 Å². The van der Waals surface area contributed by atoms with Crippen molar-refractivity contribution in [1.82, 2.24) is 19.7 Å². The molecule has 0 aliphatic heterocycles. The fourth-order valence-corrected chi connectivity index (χ4v) is 6.89. The molecule has 0 aliphatic rings. The van der Waals surface area contributed by atoms with E-state index >= 15 is 0 Å². The summed E-state index contributed by atoms with van der Waals surface area (Å²) in [6.07, 6.45) is 5.04. The lowest BCUT2D eigenvalue weighted by Crippen LogP contribution is -2.30. The van der Waals surface area contributed by atoms with Crippen LogP contribution < -0.4 is 11.1 Å². The molecule has 3 heterocycles. The van der Waals surface area contributed by atoms with Gasteiger partial charge in [0.15, 0.2) is 0 Å².